The van der Waals surface area contributed by atoms with Gasteiger partial charge in [0.25, 0.3) is 15.0 Å². The second-order valence-corrected chi connectivity index (χ2v) is 9.03. The Bertz CT molecular complexity index is 695. The van der Waals surface area contributed by atoms with Gasteiger partial charge in [-0.25, -0.2) is 8.42 Å². The van der Waals surface area contributed by atoms with E-state index in [1.54, 1.807) is 24.8 Å². The summed E-state index contributed by atoms with van der Waals surface area (Å²) in [6.45, 7) is 9.09. The quantitative estimate of drug-likeness (QED) is 0.783. The smallest absolute Gasteiger partial charge is 0.261 e. The first-order chi connectivity index (χ1) is 9.51. The van der Waals surface area contributed by atoms with E-state index in [2.05, 4.69) is 13.8 Å². The van der Waals surface area contributed by atoms with Crippen molar-refractivity contribution in [2.45, 2.75) is 39.0 Å². The minimum absolute atomic E-state index is 0.0194. The molecule has 2 rings (SSSR count). The number of halogens is 1. The summed E-state index contributed by atoms with van der Waals surface area (Å²) in [4.78, 5) is 14.4. The Morgan fingerprint density at radius 2 is 1.90 bits per heavy atom. The predicted octanol–water partition coefficient (Wildman–Crippen LogP) is 3.10. The number of nitrogens with zero attached hydrogens (tertiary/aromatic N) is 1. The molecule has 0 aliphatic carbocycles. The van der Waals surface area contributed by atoms with Crippen LogP contribution in [0.4, 0.5) is 0 Å². The van der Waals surface area contributed by atoms with Gasteiger partial charge in [-0.15, -0.1) is 0 Å². The molecule has 1 aromatic carbocycles. The van der Waals surface area contributed by atoms with Gasteiger partial charge in [0.05, 0.1) is 4.90 Å². The molecule has 0 atom stereocenters. The number of benzene rings is 1. The Morgan fingerprint density at radius 3 is 2.38 bits per heavy atom. The summed E-state index contributed by atoms with van der Waals surface area (Å²) in [5, 5.41) is 0. The second-order valence-electron chi connectivity index (χ2n) is 6.50. The highest BCUT2D eigenvalue weighted by Crippen LogP contribution is 2.31. The lowest BCUT2D eigenvalue weighted by molar-refractivity contribution is 0.0778. The Kier molecular flexibility index (Phi) is 4.10. The Labute approximate surface area is 130 Å². The molecule has 0 unspecified atom stereocenters. The van der Waals surface area contributed by atoms with Crippen LogP contribution < -0.4 is 0 Å². The molecule has 1 aliphatic heterocycles. The van der Waals surface area contributed by atoms with Crippen LogP contribution in [0.2, 0.25) is 0 Å². The third-order valence-electron chi connectivity index (χ3n) is 4.09. The van der Waals surface area contributed by atoms with Crippen molar-refractivity contribution in [1.29, 1.82) is 0 Å². The number of rotatable bonds is 2. The fourth-order valence-electron chi connectivity index (χ4n) is 2.67. The molecule has 1 aromatic rings. The standard InChI is InChI=1S/C15H20ClNO3S/c1-10-7-12(8-13(11(10)2)21(16,19)20)14(18)17-6-5-15(3,4)9-17/h7-8H,5-6,9H2,1-4H3. The Hall–Kier alpha value is -1.07. The molecule has 6 heteroatoms. The lowest BCUT2D eigenvalue weighted by atomic mass is 9.93. The van der Waals surface area contributed by atoms with Crippen LogP contribution >= 0.6 is 10.7 Å². The predicted molar refractivity (Wildman–Crippen MR) is 83.3 cm³/mol. The van der Waals surface area contributed by atoms with Crippen molar-refractivity contribution in [2.75, 3.05) is 13.1 Å². The summed E-state index contributed by atoms with van der Waals surface area (Å²) < 4.78 is 23.3. The highest BCUT2D eigenvalue weighted by molar-refractivity contribution is 8.13. The molecule has 21 heavy (non-hydrogen) atoms. The Morgan fingerprint density at radius 1 is 1.29 bits per heavy atom. The third-order valence-corrected chi connectivity index (χ3v) is 5.54. The number of hydrogen-bond donors (Lipinski definition) is 0. The number of carbonyl (C=O) groups is 1. The van der Waals surface area contributed by atoms with E-state index in [-0.39, 0.29) is 16.2 Å². The molecule has 1 saturated heterocycles. The summed E-state index contributed by atoms with van der Waals surface area (Å²) in [6, 6.07) is 3.12. The van der Waals surface area contributed by atoms with Gasteiger partial charge < -0.3 is 4.90 Å². The first kappa shape index (κ1) is 16.3. The molecule has 1 amide bonds. The van der Waals surface area contributed by atoms with Gasteiger partial charge in [-0.05, 0) is 48.9 Å². The van der Waals surface area contributed by atoms with Gasteiger partial charge in [-0.3, -0.25) is 4.79 Å². The minimum atomic E-state index is -3.86. The number of likely N-dealkylation sites (tertiary alicyclic amines) is 1. The molecule has 1 aliphatic rings. The van der Waals surface area contributed by atoms with Crippen molar-refractivity contribution in [3.05, 3.63) is 28.8 Å². The molecule has 4 nitrogen and oxygen atoms in total. The van der Waals surface area contributed by atoms with Gasteiger partial charge in [0.15, 0.2) is 0 Å². The van der Waals surface area contributed by atoms with E-state index in [1.807, 2.05) is 0 Å². The summed E-state index contributed by atoms with van der Waals surface area (Å²) in [6.07, 6.45) is 0.949. The fourth-order valence-corrected chi connectivity index (χ4v) is 3.95. The number of hydrogen-bond acceptors (Lipinski definition) is 3. The zero-order valence-corrected chi connectivity index (χ0v) is 14.3. The van der Waals surface area contributed by atoms with Gasteiger partial charge in [-0.1, -0.05) is 13.8 Å². The lowest BCUT2D eigenvalue weighted by Gasteiger charge is -2.20. The first-order valence-corrected chi connectivity index (χ1v) is 9.17. The topological polar surface area (TPSA) is 54.5 Å². The molecular weight excluding hydrogens is 310 g/mol. The van der Waals surface area contributed by atoms with E-state index in [0.717, 1.165) is 12.0 Å². The van der Waals surface area contributed by atoms with Crippen LogP contribution in [-0.2, 0) is 9.05 Å². The minimum Gasteiger partial charge on any atom is -0.338 e. The molecule has 0 spiro atoms. The summed E-state index contributed by atoms with van der Waals surface area (Å²) >= 11 is 0. The number of carbonyl (C=O) groups excluding carboxylic acids is 1. The summed E-state index contributed by atoms with van der Waals surface area (Å²) in [7, 11) is 1.61. The maximum Gasteiger partial charge on any atom is 0.261 e. The van der Waals surface area contributed by atoms with Crippen LogP contribution in [0.3, 0.4) is 0 Å². The highest BCUT2D eigenvalue weighted by Gasteiger charge is 2.33. The van der Waals surface area contributed by atoms with Crippen molar-refractivity contribution in [3.8, 4) is 0 Å². The van der Waals surface area contributed by atoms with Crippen LogP contribution in [0.15, 0.2) is 17.0 Å². The van der Waals surface area contributed by atoms with E-state index in [0.29, 0.717) is 24.2 Å². The van der Waals surface area contributed by atoms with Crippen LogP contribution in [0, 0.1) is 19.3 Å². The highest BCUT2D eigenvalue weighted by atomic mass is 35.7. The molecule has 1 heterocycles. The first-order valence-electron chi connectivity index (χ1n) is 6.86. The largest absolute Gasteiger partial charge is 0.338 e. The van der Waals surface area contributed by atoms with Gasteiger partial charge in [-0.2, -0.15) is 0 Å². The van der Waals surface area contributed by atoms with Crippen LogP contribution in [-0.4, -0.2) is 32.3 Å². The van der Waals surface area contributed by atoms with Gasteiger partial charge in [0, 0.05) is 29.3 Å². The average molecular weight is 330 g/mol. The van der Waals surface area contributed by atoms with Crippen molar-refractivity contribution in [3.63, 3.8) is 0 Å². The van der Waals surface area contributed by atoms with Crippen LogP contribution in [0.1, 0.15) is 41.8 Å². The van der Waals surface area contributed by atoms with E-state index in [9.17, 15) is 13.2 Å². The van der Waals surface area contributed by atoms with Gasteiger partial charge in [0.2, 0.25) is 0 Å². The summed E-state index contributed by atoms with van der Waals surface area (Å²) in [5.41, 5.74) is 1.83. The van der Waals surface area contributed by atoms with Gasteiger partial charge >= 0.3 is 0 Å². The molecular formula is C15H20ClNO3S. The molecule has 116 valence electrons. The Balaban J connectivity index is 2.42. The molecule has 1 fully saturated rings. The van der Waals surface area contributed by atoms with E-state index < -0.39 is 9.05 Å². The summed E-state index contributed by atoms with van der Waals surface area (Å²) in [5.74, 6) is -0.134. The lowest BCUT2D eigenvalue weighted by Crippen LogP contribution is -2.30. The molecule has 0 N–H and O–H groups in total. The van der Waals surface area contributed by atoms with Crippen molar-refractivity contribution >= 4 is 25.6 Å². The van der Waals surface area contributed by atoms with Crippen molar-refractivity contribution in [2.24, 2.45) is 5.41 Å². The van der Waals surface area contributed by atoms with Crippen LogP contribution in [0.5, 0.6) is 0 Å². The molecule has 0 saturated carbocycles. The number of amides is 1. The third kappa shape index (κ3) is 3.40. The van der Waals surface area contributed by atoms with Crippen molar-refractivity contribution in [1.82, 2.24) is 4.90 Å². The van der Waals surface area contributed by atoms with Crippen molar-refractivity contribution < 1.29 is 13.2 Å². The molecule has 0 aromatic heterocycles. The maximum atomic E-state index is 12.6. The number of aryl methyl sites for hydroxylation is 1. The molecule has 0 bridgehead atoms. The van der Waals surface area contributed by atoms with E-state index in [1.165, 1.54) is 6.07 Å². The van der Waals surface area contributed by atoms with Crippen LogP contribution in [0.25, 0.3) is 0 Å². The van der Waals surface area contributed by atoms with Gasteiger partial charge in [0.1, 0.15) is 0 Å². The SMILES string of the molecule is Cc1cc(C(=O)N2CCC(C)(C)C2)cc(S(=O)(=O)Cl)c1C. The normalized spacial score (nSPS) is 18.0. The zero-order valence-electron chi connectivity index (χ0n) is 12.7. The fraction of sp³-hybridized carbons (Fsp3) is 0.533. The van der Waals surface area contributed by atoms with E-state index >= 15 is 0 Å². The average Bonchev–Trinajstić information content (AvgIpc) is 2.70. The zero-order chi connectivity index (χ0) is 16.0. The maximum absolute atomic E-state index is 12.6. The molecule has 0 radical (unpaired) electrons. The monoisotopic (exact) mass is 329 g/mol. The van der Waals surface area contributed by atoms with E-state index in [4.69, 9.17) is 10.7 Å². The second kappa shape index (κ2) is 5.29.